The van der Waals surface area contributed by atoms with Crippen LogP contribution in [-0.2, 0) is 16.0 Å². The van der Waals surface area contributed by atoms with Crippen molar-refractivity contribution in [2.45, 2.75) is 13.3 Å². The van der Waals surface area contributed by atoms with Crippen molar-refractivity contribution < 1.29 is 14.7 Å². The number of benzene rings is 1. The molecule has 4 nitrogen and oxygen atoms in total. The minimum absolute atomic E-state index is 0.0534. The quantitative estimate of drug-likeness (QED) is 0.813. The highest BCUT2D eigenvalue weighted by Gasteiger charge is 2.04. The van der Waals surface area contributed by atoms with Crippen molar-refractivity contribution >= 4 is 29.3 Å². The third kappa shape index (κ3) is 5.40. The molecule has 1 amide bonds. The number of carbonyl (C=O) groups is 2. The van der Waals surface area contributed by atoms with E-state index in [9.17, 15) is 9.59 Å². The van der Waals surface area contributed by atoms with Gasteiger partial charge in [0, 0.05) is 5.69 Å². The molecule has 92 valence electrons. The number of hydrogen-bond acceptors (Lipinski definition) is 3. The number of anilines is 1. The first-order valence-electron chi connectivity index (χ1n) is 5.30. The molecule has 0 spiro atoms. The standard InChI is InChI=1S/C12H15NO3S/c1-2-9-3-5-10(6-4-9)13-11(14)7-17-8-12(15)16/h3-6H,2,7-8H2,1H3,(H,13,14)(H,15,16). The van der Waals surface area contributed by atoms with Crippen LogP contribution in [0.5, 0.6) is 0 Å². The summed E-state index contributed by atoms with van der Waals surface area (Å²) in [5.41, 5.74) is 1.95. The molecule has 0 aromatic heterocycles. The third-order valence-corrected chi connectivity index (χ3v) is 3.02. The Morgan fingerprint density at radius 3 is 2.41 bits per heavy atom. The number of thioether (sulfide) groups is 1. The fourth-order valence-electron chi connectivity index (χ4n) is 1.25. The maximum absolute atomic E-state index is 11.4. The summed E-state index contributed by atoms with van der Waals surface area (Å²) in [6, 6.07) is 7.61. The molecular formula is C12H15NO3S. The number of rotatable bonds is 6. The molecule has 0 fully saturated rings. The number of amides is 1. The molecule has 1 rings (SSSR count). The minimum Gasteiger partial charge on any atom is -0.481 e. The van der Waals surface area contributed by atoms with Crippen LogP contribution in [0.2, 0.25) is 0 Å². The average Bonchev–Trinajstić information content (AvgIpc) is 2.29. The largest absolute Gasteiger partial charge is 0.481 e. The fourth-order valence-corrected chi connectivity index (χ4v) is 1.79. The molecule has 0 saturated carbocycles. The van der Waals surface area contributed by atoms with Crippen LogP contribution in [0.15, 0.2) is 24.3 Å². The lowest BCUT2D eigenvalue weighted by molar-refractivity contribution is -0.133. The van der Waals surface area contributed by atoms with Gasteiger partial charge in [-0.05, 0) is 24.1 Å². The lowest BCUT2D eigenvalue weighted by Gasteiger charge is -2.05. The molecule has 2 N–H and O–H groups in total. The second-order valence-electron chi connectivity index (χ2n) is 3.49. The lowest BCUT2D eigenvalue weighted by Crippen LogP contribution is -2.15. The Balaban J connectivity index is 2.37. The molecule has 0 aliphatic carbocycles. The van der Waals surface area contributed by atoms with E-state index in [-0.39, 0.29) is 17.4 Å². The maximum Gasteiger partial charge on any atom is 0.313 e. The third-order valence-electron chi connectivity index (χ3n) is 2.10. The Bertz CT molecular complexity index is 389. The van der Waals surface area contributed by atoms with Gasteiger partial charge in [-0.25, -0.2) is 0 Å². The number of hydrogen-bond donors (Lipinski definition) is 2. The van der Waals surface area contributed by atoms with Gasteiger partial charge in [0.2, 0.25) is 5.91 Å². The smallest absolute Gasteiger partial charge is 0.313 e. The summed E-state index contributed by atoms with van der Waals surface area (Å²) >= 11 is 1.08. The summed E-state index contributed by atoms with van der Waals surface area (Å²) in [6.45, 7) is 2.07. The van der Waals surface area contributed by atoms with Crippen LogP contribution in [0.1, 0.15) is 12.5 Å². The predicted octanol–water partition coefficient (Wildman–Crippen LogP) is 2.01. The Morgan fingerprint density at radius 1 is 1.24 bits per heavy atom. The van der Waals surface area contributed by atoms with Crippen molar-refractivity contribution in [3.05, 3.63) is 29.8 Å². The van der Waals surface area contributed by atoms with Crippen LogP contribution in [0.4, 0.5) is 5.69 Å². The normalized spacial score (nSPS) is 9.94. The highest BCUT2D eigenvalue weighted by molar-refractivity contribution is 8.00. The molecule has 0 aliphatic rings. The summed E-state index contributed by atoms with van der Waals surface area (Å²) in [6.07, 6.45) is 0.961. The average molecular weight is 253 g/mol. The van der Waals surface area contributed by atoms with Gasteiger partial charge in [-0.1, -0.05) is 19.1 Å². The molecule has 17 heavy (non-hydrogen) atoms. The molecule has 0 unspecified atom stereocenters. The molecule has 0 heterocycles. The van der Waals surface area contributed by atoms with Crippen molar-refractivity contribution in [3.8, 4) is 0 Å². The van der Waals surface area contributed by atoms with E-state index >= 15 is 0 Å². The number of aliphatic carboxylic acids is 1. The van der Waals surface area contributed by atoms with E-state index in [0.717, 1.165) is 23.9 Å². The first kappa shape index (κ1) is 13.6. The molecule has 0 saturated heterocycles. The number of nitrogens with one attached hydrogen (secondary N) is 1. The van der Waals surface area contributed by atoms with Crippen LogP contribution < -0.4 is 5.32 Å². The Hall–Kier alpha value is -1.49. The van der Waals surface area contributed by atoms with Crippen molar-refractivity contribution in [2.24, 2.45) is 0 Å². The van der Waals surface area contributed by atoms with Crippen LogP contribution in [0, 0.1) is 0 Å². The summed E-state index contributed by atoms with van der Waals surface area (Å²) in [5.74, 6) is -0.986. The summed E-state index contributed by atoms with van der Waals surface area (Å²) in [4.78, 5) is 21.7. The topological polar surface area (TPSA) is 66.4 Å². The van der Waals surface area contributed by atoms with E-state index in [1.54, 1.807) is 0 Å². The molecule has 1 aromatic carbocycles. The van der Waals surface area contributed by atoms with Crippen LogP contribution in [0.25, 0.3) is 0 Å². The second-order valence-corrected chi connectivity index (χ2v) is 4.47. The van der Waals surface area contributed by atoms with Gasteiger partial charge in [-0.2, -0.15) is 0 Å². The van der Waals surface area contributed by atoms with E-state index in [1.807, 2.05) is 24.3 Å². The number of aryl methyl sites for hydroxylation is 1. The van der Waals surface area contributed by atoms with E-state index < -0.39 is 5.97 Å². The molecule has 0 atom stereocenters. The van der Waals surface area contributed by atoms with Gasteiger partial charge in [0.05, 0.1) is 11.5 Å². The van der Waals surface area contributed by atoms with Gasteiger partial charge < -0.3 is 10.4 Å². The van der Waals surface area contributed by atoms with Crippen molar-refractivity contribution in [3.63, 3.8) is 0 Å². The van der Waals surface area contributed by atoms with Gasteiger partial charge >= 0.3 is 5.97 Å². The molecule has 0 bridgehead atoms. The molecule has 1 aromatic rings. The Kier molecular flexibility index (Phi) is 5.56. The van der Waals surface area contributed by atoms with Gasteiger partial charge in [-0.15, -0.1) is 11.8 Å². The van der Waals surface area contributed by atoms with Gasteiger partial charge in [-0.3, -0.25) is 9.59 Å². The van der Waals surface area contributed by atoms with E-state index in [0.29, 0.717) is 0 Å². The summed E-state index contributed by atoms with van der Waals surface area (Å²) in [5, 5.41) is 11.1. The zero-order chi connectivity index (χ0) is 12.7. The zero-order valence-electron chi connectivity index (χ0n) is 9.60. The van der Waals surface area contributed by atoms with E-state index in [4.69, 9.17) is 5.11 Å². The lowest BCUT2D eigenvalue weighted by atomic mass is 10.1. The van der Waals surface area contributed by atoms with Gasteiger partial charge in [0.25, 0.3) is 0 Å². The number of carboxylic acids is 1. The van der Waals surface area contributed by atoms with Crippen molar-refractivity contribution in [1.29, 1.82) is 0 Å². The van der Waals surface area contributed by atoms with Crippen LogP contribution in [0.3, 0.4) is 0 Å². The Labute approximate surface area is 104 Å². The minimum atomic E-state index is -0.907. The molecule has 5 heteroatoms. The van der Waals surface area contributed by atoms with Crippen LogP contribution >= 0.6 is 11.8 Å². The molecule has 0 radical (unpaired) electrons. The number of carboxylic acid groups (broad SMARTS) is 1. The summed E-state index contributed by atoms with van der Waals surface area (Å²) in [7, 11) is 0. The molecular weight excluding hydrogens is 238 g/mol. The monoisotopic (exact) mass is 253 g/mol. The number of carbonyl (C=O) groups excluding carboxylic acids is 1. The SMILES string of the molecule is CCc1ccc(NC(=O)CSCC(=O)O)cc1. The highest BCUT2D eigenvalue weighted by atomic mass is 32.2. The predicted molar refractivity (Wildman–Crippen MR) is 69.4 cm³/mol. The van der Waals surface area contributed by atoms with Crippen molar-refractivity contribution in [2.75, 3.05) is 16.8 Å². The van der Waals surface area contributed by atoms with E-state index in [2.05, 4.69) is 12.2 Å². The first-order chi connectivity index (χ1) is 8.11. The summed E-state index contributed by atoms with van der Waals surface area (Å²) < 4.78 is 0. The fraction of sp³-hybridized carbons (Fsp3) is 0.333. The van der Waals surface area contributed by atoms with Crippen LogP contribution in [-0.4, -0.2) is 28.5 Å². The van der Waals surface area contributed by atoms with Gasteiger partial charge in [0.15, 0.2) is 0 Å². The first-order valence-corrected chi connectivity index (χ1v) is 6.45. The van der Waals surface area contributed by atoms with Gasteiger partial charge in [0.1, 0.15) is 0 Å². The zero-order valence-corrected chi connectivity index (χ0v) is 10.4. The maximum atomic E-state index is 11.4. The van der Waals surface area contributed by atoms with E-state index in [1.165, 1.54) is 5.56 Å². The Morgan fingerprint density at radius 2 is 1.88 bits per heavy atom. The second kappa shape index (κ2) is 6.96. The highest BCUT2D eigenvalue weighted by Crippen LogP contribution is 2.10. The van der Waals surface area contributed by atoms with Crippen molar-refractivity contribution in [1.82, 2.24) is 0 Å². The molecule has 0 aliphatic heterocycles.